The lowest BCUT2D eigenvalue weighted by Crippen LogP contribution is -2.45. The molecule has 0 aromatic carbocycles. The number of piperazine rings is 1. The van der Waals surface area contributed by atoms with Gasteiger partial charge in [0.15, 0.2) is 22.8 Å². The van der Waals surface area contributed by atoms with Crippen LogP contribution in [-0.4, -0.2) is 72.4 Å². The van der Waals surface area contributed by atoms with Crippen LogP contribution in [0.5, 0.6) is 0 Å². The zero-order valence-electron chi connectivity index (χ0n) is 19.5. The molecule has 4 aromatic rings. The van der Waals surface area contributed by atoms with Crippen molar-refractivity contribution < 1.29 is 0 Å². The molecule has 0 spiro atoms. The molecule has 5 heterocycles. The van der Waals surface area contributed by atoms with Crippen molar-refractivity contribution in [2.24, 2.45) is 0 Å². The van der Waals surface area contributed by atoms with Gasteiger partial charge in [0, 0.05) is 57.4 Å². The van der Waals surface area contributed by atoms with Crippen LogP contribution in [0, 0.1) is 0 Å². The minimum atomic E-state index is 0.479. The van der Waals surface area contributed by atoms with Crippen LogP contribution in [0.15, 0.2) is 43.1 Å². The van der Waals surface area contributed by atoms with Gasteiger partial charge in [-0.25, -0.2) is 14.6 Å². The number of likely N-dealkylation sites (N-methyl/N-ethyl adjacent to an activating group) is 1. The van der Waals surface area contributed by atoms with Crippen molar-refractivity contribution in [1.29, 1.82) is 0 Å². The van der Waals surface area contributed by atoms with Crippen molar-refractivity contribution in [3.63, 3.8) is 0 Å². The van der Waals surface area contributed by atoms with E-state index in [1.54, 1.807) is 10.9 Å². The number of nitrogens with zero attached hydrogens (tertiary/aromatic N) is 9. The maximum Gasteiger partial charge on any atom is 0.229 e. The number of hydrogen-bond acceptors (Lipinski definition) is 8. The minimum Gasteiger partial charge on any atom is -0.364 e. The normalized spacial score (nSPS) is 17.6. The van der Waals surface area contributed by atoms with Crippen molar-refractivity contribution in [3.8, 4) is 5.82 Å². The monoisotopic (exact) mass is 458 g/mol. The summed E-state index contributed by atoms with van der Waals surface area (Å²) in [5, 5.41) is 7.76. The molecule has 0 atom stereocenters. The number of fused-ring (bicyclic) bond motifs is 1. The van der Waals surface area contributed by atoms with Crippen molar-refractivity contribution >= 4 is 22.9 Å². The van der Waals surface area contributed by atoms with Crippen LogP contribution < -0.4 is 10.2 Å². The van der Waals surface area contributed by atoms with Crippen molar-refractivity contribution in [2.45, 2.75) is 38.3 Å². The fraction of sp³-hybridized carbons (Fsp3) is 0.458. The molecule has 10 heteroatoms. The van der Waals surface area contributed by atoms with Gasteiger partial charge in [0.1, 0.15) is 0 Å². The highest BCUT2D eigenvalue weighted by Gasteiger charge is 2.24. The van der Waals surface area contributed by atoms with Gasteiger partial charge in [-0.15, -0.1) is 0 Å². The third-order valence-electron chi connectivity index (χ3n) is 6.92. The summed E-state index contributed by atoms with van der Waals surface area (Å²) in [6.07, 6.45) is 12.4. The Labute approximate surface area is 198 Å². The minimum absolute atomic E-state index is 0.479. The number of imidazole rings is 1. The van der Waals surface area contributed by atoms with Crippen molar-refractivity contribution in [3.05, 3.63) is 48.7 Å². The quantitative estimate of drug-likeness (QED) is 0.472. The molecule has 0 radical (unpaired) electrons. The highest BCUT2D eigenvalue weighted by atomic mass is 15.3. The number of hydrogen-bond donors (Lipinski definition) is 1. The molecule has 6 rings (SSSR count). The van der Waals surface area contributed by atoms with E-state index in [1.165, 1.54) is 25.7 Å². The molecule has 34 heavy (non-hydrogen) atoms. The summed E-state index contributed by atoms with van der Waals surface area (Å²) in [5.41, 5.74) is 2.84. The van der Waals surface area contributed by atoms with Crippen LogP contribution in [0.1, 0.15) is 37.3 Å². The van der Waals surface area contributed by atoms with E-state index in [0.717, 1.165) is 60.5 Å². The molecule has 4 aromatic heterocycles. The molecule has 1 N–H and O–H groups in total. The van der Waals surface area contributed by atoms with E-state index >= 15 is 0 Å². The molecule has 1 aliphatic heterocycles. The topological polar surface area (TPSA) is 92.8 Å². The Morgan fingerprint density at radius 2 is 1.88 bits per heavy atom. The van der Waals surface area contributed by atoms with Crippen LogP contribution in [0.25, 0.3) is 17.0 Å². The maximum absolute atomic E-state index is 5.02. The van der Waals surface area contributed by atoms with E-state index in [1.807, 2.05) is 30.9 Å². The number of nitrogens with one attached hydrogen (secondary N) is 1. The van der Waals surface area contributed by atoms with Crippen LogP contribution in [0.2, 0.25) is 0 Å². The standard InChI is InChI=1S/C24H30N10/c1-31-11-13-32(14-12-31)24-29-22(21-23(30-24)33(17-27-21)19-5-2-3-6-19)26-16-18-7-8-20(25-15-18)34-10-4-9-28-34/h4,7-10,15,17,19H,2-3,5-6,11-14,16H2,1H3,(H,26,29,30). The van der Waals surface area contributed by atoms with Gasteiger partial charge in [-0.2, -0.15) is 15.1 Å². The molecular formula is C24H30N10. The number of anilines is 2. The predicted octanol–water partition coefficient (Wildman–Crippen LogP) is 2.89. The van der Waals surface area contributed by atoms with Gasteiger partial charge in [-0.3, -0.25) is 0 Å². The van der Waals surface area contributed by atoms with E-state index < -0.39 is 0 Å². The highest BCUT2D eigenvalue weighted by molar-refractivity contribution is 5.84. The lowest BCUT2D eigenvalue weighted by Gasteiger charge is -2.32. The van der Waals surface area contributed by atoms with Crippen molar-refractivity contribution in [2.75, 3.05) is 43.4 Å². The molecule has 10 nitrogen and oxygen atoms in total. The fourth-order valence-corrected chi connectivity index (χ4v) is 4.87. The maximum atomic E-state index is 5.02. The van der Waals surface area contributed by atoms with Gasteiger partial charge in [0.2, 0.25) is 5.95 Å². The van der Waals surface area contributed by atoms with Gasteiger partial charge in [-0.1, -0.05) is 18.9 Å². The lowest BCUT2D eigenvalue weighted by molar-refractivity contribution is 0.311. The highest BCUT2D eigenvalue weighted by Crippen LogP contribution is 2.33. The second-order valence-electron chi connectivity index (χ2n) is 9.25. The molecule has 0 unspecified atom stereocenters. The van der Waals surface area contributed by atoms with E-state index in [4.69, 9.17) is 15.0 Å². The van der Waals surface area contributed by atoms with Crippen molar-refractivity contribution in [1.82, 2.24) is 39.2 Å². The van der Waals surface area contributed by atoms with Gasteiger partial charge < -0.3 is 19.7 Å². The van der Waals surface area contributed by atoms with Crippen LogP contribution in [0.4, 0.5) is 11.8 Å². The number of aromatic nitrogens is 7. The molecule has 1 aliphatic carbocycles. The first-order chi connectivity index (χ1) is 16.7. The largest absolute Gasteiger partial charge is 0.364 e. The molecule has 0 amide bonds. The molecule has 1 saturated heterocycles. The molecule has 2 fully saturated rings. The molecule has 0 bridgehead atoms. The van der Waals surface area contributed by atoms with E-state index in [0.29, 0.717) is 12.6 Å². The Morgan fingerprint density at radius 3 is 2.62 bits per heavy atom. The predicted molar refractivity (Wildman–Crippen MR) is 131 cm³/mol. The summed E-state index contributed by atoms with van der Waals surface area (Å²) in [6.45, 7) is 4.49. The summed E-state index contributed by atoms with van der Waals surface area (Å²) in [6, 6.07) is 6.41. The molecule has 2 aliphatic rings. The Bertz CT molecular complexity index is 1230. The average Bonchev–Trinajstić information content (AvgIpc) is 3.65. The summed E-state index contributed by atoms with van der Waals surface area (Å²) >= 11 is 0. The number of pyridine rings is 1. The van der Waals surface area contributed by atoms with E-state index in [2.05, 4.69) is 42.9 Å². The van der Waals surface area contributed by atoms with Gasteiger partial charge in [0.05, 0.1) is 6.33 Å². The molecular weight excluding hydrogens is 428 g/mol. The fourth-order valence-electron chi connectivity index (χ4n) is 4.87. The SMILES string of the molecule is CN1CCN(c2nc(NCc3ccc(-n4cccn4)nc3)c3ncn(C4CCCC4)c3n2)CC1. The average molecular weight is 459 g/mol. The first kappa shape index (κ1) is 21.0. The summed E-state index contributed by atoms with van der Waals surface area (Å²) in [5.74, 6) is 2.37. The van der Waals surface area contributed by atoms with Gasteiger partial charge >= 0.3 is 0 Å². The smallest absolute Gasteiger partial charge is 0.229 e. The Hall–Kier alpha value is -3.53. The second-order valence-corrected chi connectivity index (χ2v) is 9.25. The van der Waals surface area contributed by atoms with Gasteiger partial charge in [-0.05, 0) is 37.6 Å². The van der Waals surface area contributed by atoms with Crippen LogP contribution >= 0.6 is 0 Å². The Kier molecular flexibility index (Phi) is 5.58. The van der Waals surface area contributed by atoms with E-state index in [9.17, 15) is 0 Å². The van der Waals surface area contributed by atoms with Crippen LogP contribution in [-0.2, 0) is 6.54 Å². The lowest BCUT2D eigenvalue weighted by atomic mass is 10.2. The zero-order chi connectivity index (χ0) is 22.9. The van der Waals surface area contributed by atoms with Gasteiger partial charge in [0.25, 0.3) is 0 Å². The Morgan fingerprint density at radius 1 is 1.03 bits per heavy atom. The zero-order valence-corrected chi connectivity index (χ0v) is 19.5. The third-order valence-corrected chi connectivity index (χ3v) is 6.92. The van der Waals surface area contributed by atoms with E-state index in [-0.39, 0.29) is 0 Å². The van der Waals surface area contributed by atoms with Crippen LogP contribution in [0.3, 0.4) is 0 Å². The first-order valence-electron chi connectivity index (χ1n) is 12.1. The number of rotatable bonds is 6. The summed E-state index contributed by atoms with van der Waals surface area (Å²) in [7, 11) is 2.16. The third kappa shape index (κ3) is 4.09. The molecule has 1 saturated carbocycles. The molecule has 176 valence electrons. The summed E-state index contributed by atoms with van der Waals surface area (Å²) in [4.78, 5) is 23.9. The summed E-state index contributed by atoms with van der Waals surface area (Å²) < 4.78 is 4.03. The second kappa shape index (κ2) is 9.02. The first-order valence-corrected chi connectivity index (χ1v) is 12.1. The Balaban J connectivity index is 1.29.